The minimum Gasteiger partial charge on any atom is -0.462 e. The van der Waals surface area contributed by atoms with Gasteiger partial charge >= 0.3 is 19.8 Å². The molecule has 1 rings (SSSR count). The van der Waals surface area contributed by atoms with Crippen molar-refractivity contribution in [2.45, 2.75) is 187 Å². The number of rotatable bonds is 34. The van der Waals surface area contributed by atoms with Crippen LogP contribution in [-0.2, 0) is 32.9 Å². The van der Waals surface area contributed by atoms with Crippen LogP contribution in [0.25, 0.3) is 0 Å². The molecule has 1 saturated heterocycles. The molecule has 9 nitrogen and oxygen atoms in total. The quantitative estimate of drug-likeness (QED) is 0.0219. The molecule has 0 aliphatic carbocycles. The summed E-state index contributed by atoms with van der Waals surface area (Å²) < 4.78 is 32.0. The van der Waals surface area contributed by atoms with E-state index >= 15 is 0 Å². The Morgan fingerprint density at radius 1 is 0.680 bits per heavy atom. The Bertz CT molecular complexity index is 987. The van der Waals surface area contributed by atoms with Crippen LogP contribution in [0.3, 0.4) is 0 Å². The maximum absolute atomic E-state index is 12.4. The van der Waals surface area contributed by atoms with E-state index < -0.39 is 32.5 Å². The molecule has 0 aromatic heterocycles. The van der Waals surface area contributed by atoms with Crippen LogP contribution in [0.5, 0.6) is 0 Å². The van der Waals surface area contributed by atoms with E-state index in [1.165, 1.54) is 70.6 Å². The Morgan fingerprint density at radius 2 is 1.22 bits per heavy atom. The van der Waals surface area contributed by atoms with Gasteiger partial charge in [-0.25, -0.2) is 4.57 Å². The Hall–Kier alpha value is -1.77. The SMILES string of the molecule is CCCCC/C=C\C/C=C\CC1OC1C/C=C\CCCC(=O)OC[C@H](COP(=O)(O)O)OC(=O)CCCCCCCCCCCCCC(C)C. The summed E-state index contributed by atoms with van der Waals surface area (Å²) in [6.45, 7) is 5.91. The number of carbonyl (C=O) groups excluding carboxylic acids is 2. The fourth-order valence-corrected chi connectivity index (χ4v) is 6.01. The molecule has 2 N–H and O–H groups in total. The van der Waals surface area contributed by atoms with Gasteiger partial charge in [0, 0.05) is 12.8 Å². The molecule has 0 saturated carbocycles. The van der Waals surface area contributed by atoms with Crippen molar-refractivity contribution in [1.82, 2.24) is 0 Å². The number of allylic oxidation sites excluding steroid dienone is 4. The second-order valence-corrected chi connectivity index (χ2v) is 15.4. The third kappa shape index (κ3) is 31.0. The van der Waals surface area contributed by atoms with Gasteiger partial charge in [-0.1, -0.05) is 141 Å². The van der Waals surface area contributed by atoms with Gasteiger partial charge in [0.1, 0.15) is 6.61 Å². The van der Waals surface area contributed by atoms with E-state index in [-0.39, 0.29) is 31.7 Å². The zero-order chi connectivity index (χ0) is 36.7. The lowest BCUT2D eigenvalue weighted by Crippen LogP contribution is -2.29. The molecule has 50 heavy (non-hydrogen) atoms. The van der Waals surface area contributed by atoms with Crippen molar-refractivity contribution >= 4 is 19.8 Å². The smallest absolute Gasteiger partial charge is 0.462 e. The summed E-state index contributed by atoms with van der Waals surface area (Å²) in [5.74, 6) is -0.155. The summed E-state index contributed by atoms with van der Waals surface area (Å²) in [5, 5.41) is 0. The van der Waals surface area contributed by atoms with Gasteiger partial charge in [-0.3, -0.25) is 14.1 Å². The summed E-state index contributed by atoms with van der Waals surface area (Å²) in [4.78, 5) is 42.8. The minimum absolute atomic E-state index is 0.184. The summed E-state index contributed by atoms with van der Waals surface area (Å²) in [6.07, 6.45) is 36.1. The van der Waals surface area contributed by atoms with E-state index in [9.17, 15) is 14.2 Å². The van der Waals surface area contributed by atoms with Gasteiger partial charge in [-0.2, -0.15) is 0 Å². The number of ether oxygens (including phenoxy) is 3. The van der Waals surface area contributed by atoms with E-state index in [1.807, 2.05) is 6.08 Å². The van der Waals surface area contributed by atoms with Gasteiger partial charge in [-0.15, -0.1) is 0 Å². The van der Waals surface area contributed by atoms with E-state index in [0.29, 0.717) is 12.8 Å². The number of phosphoric acid groups is 1. The van der Waals surface area contributed by atoms with Crippen LogP contribution in [0.15, 0.2) is 36.5 Å². The van der Waals surface area contributed by atoms with Crippen molar-refractivity contribution in [3.63, 3.8) is 0 Å². The van der Waals surface area contributed by atoms with Gasteiger partial charge in [0.2, 0.25) is 0 Å². The molecule has 290 valence electrons. The van der Waals surface area contributed by atoms with Gasteiger partial charge in [-0.05, 0) is 57.3 Å². The first kappa shape index (κ1) is 46.3. The second kappa shape index (κ2) is 30.8. The van der Waals surface area contributed by atoms with Crippen molar-refractivity contribution in [3.05, 3.63) is 36.5 Å². The zero-order valence-corrected chi connectivity index (χ0v) is 32.5. The summed E-state index contributed by atoms with van der Waals surface area (Å²) in [7, 11) is -4.77. The summed E-state index contributed by atoms with van der Waals surface area (Å²) in [6, 6.07) is 0. The van der Waals surface area contributed by atoms with Crippen LogP contribution in [0.2, 0.25) is 0 Å². The molecule has 1 aliphatic rings. The molecule has 0 spiro atoms. The monoisotopic (exact) mass is 726 g/mol. The van der Waals surface area contributed by atoms with Gasteiger partial charge in [0.05, 0.1) is 18.8 Å². The first-order chi connectivity index (χ1) is 24.1. The number of carbonyl (C=O) groups is 2. The normalized spacial score (nSPS) is 17.0. The predicted molar refractivity (Wildman–Crippen MR) is 202 cm³/mol. The highest BCUT2D eigenvalue weighted by Gasteiger charge is 2.36. The van der Waals surface area contributed by atoms with Crippen LogP contribution in [0.4, 0.5) is 0 Å². The summed E-state index contributed by atoms with van der Waals surface area (Å²) in [5.41, 5.74) is 0. The number of epoxide rings is 1. The molecule has 0 radical (unpaired) electrons. The summed E-state index contributed by atoms with van der Waals surface area (Å²) >= 11 is 0. The zero-order valence-electron chi connectivity index (χ0n) is 31.7. The van der Waals surface area contributed by atoms with Crippen LogP contribution in [0.1, 0.15) is 168 Å². The van der Waals surface area contributed by atoms with Crippen molar-refractivity contribution in [3.8, 4) is 0 Å². The van der Waals surface area contributed by atoms with Crippen LogP contribution in [-0.4, -0.2) is 53.3 Å². The molecular weight excluding hydrogens is 655 g/mol. The lowest BCUT2D eigenvalue weighted by atomic mass is 10.0. The Labute approximate surface area is 304 Å². The van der Waals surface area contributed by atoms with E-state index in [0.717, 1.165) is 57.3 Å². The second-order valence-electron chi connectivity index (χ2n) is 14.1. The molecule has 0 bridgehead atoms. The Balaban J connectivity index is 2.13. The first-order valence-corrected chi connectivity index (χ1v) is 21.3. The Morgan fingerprint density at radius 3 is 1.84 bits per heavy atom. The van der Waals surface area contributed by atoms with Crippen LogP contribution >= 0.6 is 7.82 Å². The maximum Gasteiger partial charge on any atom is 0.469 e. The van der Waals surface area contributed by atoms with Crippen molar-refractivity contribution in [1.29, 1.82) is 0 Å². The Kier molecular flexibility index (Phi) is 28.5. The van der Waals surface area contributed by atoms with Crippen LogP contribution < -0.4 is 0 Å². The maximum atomic E-state index is 12.4. The molecule has 2 unspecified atom stereocenters. The number of unbranched alkanes of at least 4 members (excludes halogenated alkanes) is 14. The number of hydrogen-bond donors (Lipinski definition) is 2. The van der Waals surface area contributed by atoms with Gasteiger partial charge in [0.15, 0.2) is 6.10 Å². The first-order valence-electron chi connectivity index (χ1n) is 19.8. The van der Waals surface area contributed by atoms with Gasteiger partial charge < -0.3 is 24.0 Å². The highest BCUT2D eigenvalue weighted by molar-refractivity contribution is 7.46. The van der Waals surface area contributed by atoms with Crippen molar-refractivity contribution in [2.24, 2.45) is 5.92 Å². The highest BCUT2D eigenvalue weighted by atomic mass is 31.2. The molecule has 0 aromatic carbocycles. The standard InChI is InChI=1S/C40H71O9P/c1-4-5-6-7-8-12-16-19-24-29-37-38(49-37)30-25-21-22-26-31-39(41)46-33-36(34-47-50(43,44)45)48-40(42)32-27-20-17-14-11-9-10-13-15-18-23-28-35(2)3/h8,12,19,21,24-25,35-38H,4-7,9-11,13-18,20,22-23,26-34H2,1-3H3,(H2,43,44,45)/b12-8-,24-19-,25-21-/t36-,37?,38?/m1/s1. The molecule has 3 atom stereocenters. The third-order valence-electron chi connectivity index (χ3n) is 8.74. The van der Waals surface area contributed by atoms with E-state index in [4.69, 9.17) is 24.0 Å². The molecule has 1 aliphatic heterocycles. The highest BCUT2D eigenvalue weighted by Crippen LogP contribution is 2.36. The predicted octanol–water partition coefficient (Wildman–Crippen LogP) is 10.6. The minimum atomic E-state index is -4.77. The van der Waals surface area contributed by atoms with Crippen molar-refractivity contribution in [2.75, 3.05) is 13.2 Å². The fraction of sp³-hybridized carbons (Fsp3) is 0.800. The largest absolute Gasteiger partial charge is 0.469 e. The molecule has 0 aromatic rings. The van der Waals surface area contributed by atoms with E-state index in [1.54, 1.807) is 0 Å². The fourth-order valence-electron chi connectivity index (χ4n) is 5.65. The molecular formula is C40H71O9P. The molecule has 0 amide bonds. The average molecular weight is 727 g/mol. The molecule has 1 heterocycles. The topological polar surface area (TPSA) is 132 Å². The van der Waals surface area contributed by atoms with Crippen LogP contribution in [0, 0.1) is 5.92 Å². The third-order valence-corrected chi connectivity index (χ3v) is 9.23. The number of phosphoric ester groups is 1. The van der Waals surface area contributed by atoms with Gasteiger partial charge in [0.25, 0.3) is 0 Å². The van der Waals surface area contributed by atoms with E-state index in [2.05, 4.69) is 55.7 Å². The number of esters is 2. The number of hydrogen-bond acceptors (Lipinski definition) is 7. The van der Waals surface area contributed by atoms with Crippen molar-refractivity contribution < 1.29 is 42.7 Å². The molecule has 1 fully saturated rings. The lowest BCUT2D eigenvalue weighted by molar-refractivity contribution is -0.161. The average Bonchev–Trinajstić information content (AvgIpc) is 3.82. The molecule has 10 heteroatoms. The lowest BCUT2D eigenvalue weighted by Gasteiger charge is -2.18.